The number of carbonyl (C=O) groups is 1. The maximum atomic E-state index is 13.0. The van der Waals surface area contributed by atoms with Crippen molar-refractivity contribution >= 4 is 5.97 Å². The summed E-state index contributed by atoms with van der Waals surface area (Å²) in [6.07, 6.45) is 0. The van der Waals surface area contributed by atoms with Gasteiger partial charge >= 0.3 is 5.97 Å². The van der Waals surface area contributed by atoms with Crippen LogP contribution in [0.25, 0.3) is 11.1 Å². The van der Waals surface area contributed by atoms with Gasteiger partial charge in [0.1, 0.15) is 11.6 Å². The fourth-order valence-corrected chi connectivity index (χ4v) is 1.55. The first-order valence-corrected chi connectivity index (χ1v) is 5.19. The number of hydrogen-bond acceptors (Lipinski definition) is 2. The smallest absolute Gasteiger partial charge is 0.308 e. The monoisotopic (exact) mass is 230 g/mol. The van der Waals surface area contributed by atoms with Crippen molar-refractivity contribution in [1.29, 1.82) is 0 Å². The maximum Gasteiger partial charge on any atom is 0.308 e. The molecule has 0 saturated heterocycles. The molecule has 0 unspecified atom stereocenters. The minimum atomic E-state index is -0.358. The van der Waals surface area contributed by atoms with Gasteiger partial charge < -0.3 is 4.74 Å². The topological polar surface area (TPSA) is 26.3 Å². The Balaban J connectivity index is 2.26. The van der Waals surface area contributed by atoms with E-state index in [2.05, 4.69) is 0 Å². The van der Waals surface area contributed by atoms with Crippen LogP contribution in [0, 0.1) is 5.82 Å². The molecule has 0 bridgehead atoms. The lowest BCUT2D eigenvalue weighted by molar-refractivity contribution is -0.131. The van der Waals surface area contributed by atoms with E-state index in [1.54, 1.807) is 30.3 Å². The molecule has 2 aromatic rings. The Hall–Kier alpha value is -2.16. The van der Waals surface area contributed by atoms with Gasteiger partial charge in [-0.15, -0.1) is 0 Å². The minimum absolute atomic E-state index is 0.272. The van der Waals surface area contributed by atoms with Crippen molar-refractivity contribution in [2.75, 3.05) is 0 Å². The van der Waals surface area contributed by atoms with Crippen molar-refractivity contribution < 1.29 is 13.9 Å². The van der Waals surface area contributed by atoms with E-state index >= 15 is 0 Å². The first-order chi connectivity index (χ1) is 8.15. The molecular formula is C14H11FO2. The molecule has 0 saturated carbocycles. The zero-order valence-corrected chi connectivity index (χ0v) is 9.31. The number of halogens is 1. The molecule has 0 atom stereocenters. The van der Waals surface area contributed by atoms with Crippen molar-refractivity contribution in [3.63, 3.8) is 0 Å². The van der Waals surface area contributed by atoms with Crippen LogP contribution in [0.1, 0.15) is 6.92 Å². The summed E-state index contributed by atoms with van der Waals surface area (Å²) >= 11 is 0. The Labute approximate surface area is 98.7 Å². The fraction of sp³-hybridized carbons (Fsp3) is 0.0714. The van der Waals surface area contributed by atoms with Crippen LogP contribution in [0.15, 0.2) is 48.5 Å². The molecule has 2 rings (SSSR count). The lowest BCUT2D eigenvalue weighted by Crippen LogP contribution is -2.00. The third-order valence-corrected chi connectivity index (χ3v) is 2.27. The standard InChI is InChI=1S/C14H11FO2/c1-10(16)17-14-7-5-11(6-8-14)12-3-2-4-13(15)9-12/h2-9H,1H3. The maximum absolute atomic E-state index is 13.0. The molecule has 0 heterocycles. The highest BCUT2D eigenvalue weighted by molar-refractivity contribution is 5.70. The fourth-order valence-electron chi connectivity index (χ4n) is 1.55. The molecule has 0 spiro atoms. The van der Waals surface area contributed by atoms with Gasteiger partial charge in [0.25, 0.3) is 0 Å². The van der Waals surface area contributed by atoms with Gasteiger partial charge in [-0.05, 0) is 35.4 Å². The molecule has 0 radical (unpaired) electrons. The van der Waals surface area contributed by atoms with Crippen molar-refractivity contribution in [1.82, 2.24) is 0 Å². The predicted octanol–water partition coefficient (Wildman–Crippen LogP) is 3.42. The molecule has 0 amide bonds. The van der Waals surface area contributed by atoms with Crippen LogP contribution in [-0.2, 0) is 4.79 Å². The second-order valence-electron chi connectivity index (χ2n) is 3.63. The first-order valence-electron chi connectivity index (χ1n) is 5.19. The third-order valence-electron chi connectivity index (χ3n) is 2.27. The van der Waals surface area contributed by atoms with Gasteiger partial charge in [-0.1, -0.05) is 24.3 Å². The molecule has 2 aromatic carbocycles. The summed E-state index contributed by atoms with van der Waals surface area (Å²) in [6.45, 7) is 1.35. The molecule has 17 heavy (non-hydrogen) atoms. The Morgan fingerprint density at radius 2 is 1.76 bits per heavy atom. The second-order valence-corrected chi connectivity index (χ2v) is 3.63. The lowest BCUT2D eigenvalue weighted by atomic mass is 10.1. The molecule has 0 aliphatic carbocycles. The molecule has 2 nitrogen and oxygen atoms in total. The summed E-state index contributed by atoms with van der Waals surface area (Å²) in [5.41, 5.74) is 1.67. The summed E-state index contributed by atoms with van der Waals surface area (Å²) in [4.78, 5) is 10.7. The number of ether oxygens (including phenoxy) is 1. The predicted molar refractivity (Wildman–Crippen MR) is 63.1 cm³/mol. The Morgan fingerprint density at radius 3 is 2.35 bits per heavy atom. The van der Waals surface area contributed by atoms with Crippen LogP contribution in [0.5, 0.6) is 5.75 Å². The largest absolute Gasteiger partial charge is 0.427 e. The van der Waals surface area contributed by atoms with E-state index in [1.165, 1.54) is 19.1 Å². The average molecular weight is 230 g/mol. The zero-order valence-electron chi connectivity index (χ0n) is 9.31. The van der Waals surface area contributed by atoms with E-state index < -0.39 is 0 Å². The number of benzene rings is 2. The third kappa shape index (κ3) is 2.91. The molecule has 0 aromatic heterocycles. The van der Waals surface area contributed by atoms with Crippen LogP contribution in [0.4, 0.5) is 4.39 Å². The first kappa shape index (κ1) is 11.3. The van der Waals surface area contributed by atoms with Crippen LogP contribution < -0.4 is 4.74 Å². The van der Waals surface area contributed by atoms with Gasteiger partial charge in [0.15, 0.2) is 0 Å². The zero-order chi connectivity index (χ0) is 12.3. The molecule has 0 fully saturated rings. The Bertz CT molecular complexity index is 532. The van der Waals surface area contributed by atoms with Crippen LogP contribution in [0.2, 0.25) is 0 Å². The summed E-state index contributed by atoms with van der Waals surface area (Å²) in [6, 6.07) is 13.3. The highest BCUT2D eigenvalue weighted by atomic mass is 19.1. The highest BCUT2D eigenvalue weighted by Gasteiger charge is 2.01. The van der Waals surface area contributed by atoms with E-state index in [1.807, 2.05) is 6.07 Å². The van der Waals surface area contributed by atoms with Gasteiger partial charge in [-0.2, -0.15) is 0 Å². The minimum Gasteiger partial charge on any atom is -0.427 e. The molecule has 0 N–H and O–H groups in total. The van der Waals surface area contributed by atoms with Crippen molar-refractivity contribution in [3.8, 4) is 16.9 Å². The molecule has 0 aliphatic heterocycles. The molecule has 0 aliphatic rings. The van der Waals surface area contributed by atoms with Crippen molar-refractivity contribution in [2.24, 2.45) is 0 Å². The van der Waals surface area contributed by atoms with Crippen LogP contribution in [-0.4, -0.2) is 5.97 Å². The van der Waals surface area contributed by atoms with Crippen LogP contribution >= 0.6 is 0 Å². The number of hydrogen-bond donors (Lipinski definition) is 0. The van der Waals surface area contributed by atoms with Gasteiger partial charge in [-0.3, -0.25) is 4.79 Å². The highest BCUT2D eigenvalue weighted by Crippen LogP contribution is 2.22. The summed E-state index contributed by atoms with van der Waals surface area (Å²) in [5.74, 6) is -0.146. The van der Waals surface area contributed by atoms with E-state index in [0.717, 1.165) is 11.1 Å². The van der Waals surface area contributed by atoms with Gasteiger partial charge in [0, 0.05) is 6.92 Å². The van der Waals surface area contributed by atoms with E-state index in [-0.39, 0.29) is 11.8 Å². The number of carbonyl (C=O) groups excluding carboxylic acids is 1. The van der Waals surface area contributed by atoms with Gasteiger partial charge in [0.05, 0.1) is 0 Å². The van der Waals surface area contributed by atoms with Gasteiger partial charge in [0.2, 0.25) is 0 Å². The SMILES string of the molecule is CC(=O)Oc1ccc(-c2cccc(F)c2)cc1. The normalized spacial score (nSPS) is 10.0. The van der Waals surface area contributed by atoms with Gasteiger partial charge in [-0.25, -0.2) is 4.39 Å². The van der Waals surface area contributed by atoms with E-state index in [9.17, 15) is 9.18 Å². The average Bonchev–Trinajstić information content (AvgIpc) is 2.29. The molecule has 86 valence electrons. The Kier molecular flexibility index (Phi) is 3.19. The summed E-state index contributed by atoms with van der Waals surface area (Å²) in [7, 11) is 0. The summed E-state index contributed by atoms with van der Waals surface area (Å²) in [5, 5.41) is 0. The van der Waals surface area contributed by atoms with Crippen molar-refractivity contribution in [2.45, 2.75) is 6.92 Å². The number of esters is 1. The second kappa shape index (κ2) is 4.78. The van der Waals surface area contributed by atoms with Crippen LogP contribution in [0.3, 0.4) is 0 Å². The Morgan fingerprint density at radius 1 is 1.06 bits per heavy atom. The van der Waals surface area contributed by atoms with Crippen molar-refractivity contribution in [3.05, 3.63) is 54.3 Å². The number of rotatable bonds is 2. The lowest BCUT2D eigenvalue weighted by Gasteiger charge is -2.04. The van der Waals surface area contributed by atoms with E-state index in [0.29, 0.717) is 5.75 Å². The summed E-state index contributed by atoms with van der Waals surface area (Å²) < 4.78 is 18.0. The molecular weight excluding hydrogens is 219 g/mol. The molecule has 3 heteroatoms. The quantitative estimate of drug-likeness (QED) is 0.583. The van der Waals surface area contributed by atoms with E-state index in [4.69, 9.17) is 4.74 Å².